The summed E-state index contributed by atoms with van der Waals surface area (Å²) in [6.07, 6.45) is 5.05. The van der Waals surface area contributed by atoms with Gasteiger partial charge in [-0.1, -0.05) is 11.3 Å². The van der Waals surface area contributed by atoms with Gasteiger partial charge in [0.2, 0.25) is 5.91 Å². The van der Waals surface area contributed by atoms with Gasteiger partial charge in [-0.3, -0.25) is 14.8 Å². The lowest BCUT2D eigenvalue weighted by molar-refractivity contribution is -0.131. The number of fused-ring (bicyclic) bond motifs is 1. The van der Waals surface area contributed by atoms with Crippen LogP contribution < -0.4 is 5.32 Å². The van der Waals surface area contributed by atoms with Crippen molar-refractivity contribution in [2.24, 2.45) is 0 Å². The highest BCUT2D eigenvalue weighted by molar-refractivity contribution is 7.14. The molecule has 1 aliphatic rings. The van der Waals surface area contributed by atoms with Crippen molar-refractivity contribution in [1.82, 2.24) is 30.4 Å². The molecule has 0 bridgehead atoms. The Morgan fingerprint density at radius 3 is 2.58 bits per heavy atom. The van der Waals surface area contributed by atoms with E-state index in [2.05, 4.69) is 25.5 Å². The van der Waals surface area contributed by atoms with Gasteiger partial charge in [-0.25, -0.2) is 8.78 Å². The molecule has 3 aromatic heterocycles. The highest BCUT2D eigenvalue weighted by Crippen LogP contribution is 2.25. The quantitative estimate of drug-likeness (QED) is 0.601. The molecule has 164 valence electrons. The predicted octanol–water partition coefficient (Wildman–Crippen LogP) is 2.89. The summed E-state index contributed by atoms with van der Waals surface area (Å²) >= 11 is 1.48. The number of piperidine rings is 1. The van der Waals surface area contributed by atoms with Crippen LogP contribution in [0, 0.1) is 6.92 Å². The van der Waals surface area contributed by atoms with Gasteiger partial charge >= 0.3 is 0 Å². The third kappa shape index (κ3) is 5.19. The number of aromatic nitrogens is 4. The Balaban J connectivity index is 1.39. The molecule has 1 fully saturated rings. The Hall–Kier alpha value is -2.59. The van der Waals surface area contributed by atoms with Gasteiger partial charge in [0, 0.05) is 36.9 Å². The summed E-state index contributed by atoms with van der Waals surface area (Å²) in [6, 6.07) is 3.13. The van der Waals surface area contributed by atoms with Gasteiger partial charge in [-0.2, -0.15) is 0 Å². The van der Waals surface area contributed by atoms with E-state index >= 15 is 0 Å². The third-order valence-corrected chi connectivity index (χ3v) is 6.29. The van der Waals surface area contributed by atoms with Crippen LogP contribution in [0.2, 0.25) is 0 Å². The molecule has 0 atom stereocenters. The summed E-state index contributed by atoms with van der Waals surface area (Å²) in [4.78, 5) is 23.4. The molecule has 0 spiro atoms. The molecule has 31 heavy (non-hydrogen) atoms. The van der Waals surface area contributed by atoms with Crippen LogP contribution in [0.5, 0.6) is 0 Å². The van der Waals surface area contributed by atoms with Crippen LogP contribution in [-0.4, -0.2) is 69.5 Å². The smallest absolute Gasteiger partial charge is 0.228 e. The van der Waals surface area contributed by atoms with Crippen molar-refractivity contribution in [2.75, 3.05) is 26.4 Å². The second-order valence-electron chi connectivity index (χ2n) is 7.72. The molecule has 3 aromatic rings. The SMILES string of the molecule is Cc1nnc(-c2cc3cc(CC(=O)N4CCC(NC(CF)CF)CC4)ncc3cn2)s1. The number of nitrogens with zero attached hydrogens (tertiary/aromatic N) is 5. The van der Waals surface area contributed by atoms with Crippen LogP contribution in [-0.2, 0) is 11.2 Å². The summed E-state index contributed by atoms with van der Waals surface area (Å²) in [7, 11) is 0. The van der Waals surface area contributed by atoms with E-state index in [0.717, 1.165) is 26.5 Å². The van der Waals surface area contributed by atoms with E-state index in [4.69, 9.17) is 0 Å². The first-order chi connectivity index (χ1) is 15.1. The van der Waals surface area contributed by atoms with Gasteiger partial charge in [0.05, 0.1) is 18.2 Å². The Kier molecular flexibility index (Phi) is 6.77. The van der Waals surface area contributed by atoms with Crippen LogP contribution >= 0.6 is 11.3 Å². The largest absolute Gasteiger partial charge is 0.342 e. The van der Waals surface area contributed by atoms with Gasteiger partial charge in [0.1, 0.15) is 24.1 Å². The summed E-state index contributed by atoms with van der Waals surface area (Å²) in [5, 5.41) is 14.6. The minimum Gasteiger partial charge on any atom is -0.342 e. The highest BCUT2D eigenvalue weighted by atomic mass is 32.1. The van der Waals surface area contributed by atoms with E-state index in [-0.39, 0.29) is 18.4 Å². The maximum atomic E-state index is 12.8. The number of halogens is 2. The second-order valence-corrected chi connectivity index (χ2v) is 8.90. The van der Waals surface area contributed by atoms with Crippen molar-refractivity contribution in [2.45, 2.75) is 38.3 Å². The monoisotopic (exact) mass is 446 g/mol. The summed E-state index contributed by atoms with van der Waals surface area (Å²) in [6.45, 7) is 1.59. The summed E-state index contributed by atoms with van der Waals surface area (Å²) < 4.78 is 25.4. The van der Waals surface area contributed by atoms with E-state index in [1.807, 2.05) is 19.1 Å². The van der Waals surface area contributed by atoms with Crippen molar-refractivity contribution in [1.29, 1.82) is 0 Å². The molecule has 0 radical (unpaired) electrons. The zero-order valence-corrected chi connectivity index (χ0v) is 18.0. The van der Waals surface area contributed by atoms with Crippen molar-refractivity contribution in [3.63, 3.8) is 0 Å². The number of alkyl halides is 2. The molecule has 0 saturated carbocycles. The number of nitrogens with one attached hydrogen (secondary N) is 1. The molecular formula is C21H24F2N6OS. The molecule has 1 N–H and O–H groups in total. The Morgan fingerprint density at radius 2 is 1.90 bits per heavy atom. The topological polar surface area (TPSA) is 83.9 Å². The van der Waals surface area contributed by atoms with Crippen molar-refractivity contribution in [3.05, 3.63) is 35.2 Å². The van der Waals surface area contributed by atoms with Crippen molar-refractivity contribution >= 4 is 28.0 Å². The molecule has 0 aliphatic carbocycles. The van der Waals surface area contributed by atoms with Gasteiger partial charge in [-0.05, 0) is 37.3 Å². The first kappa shape index (κ1) is 21.6. The fraction of sp³-hybridized carbons (Fsp3) is 0.476. The number of carbonyl (C=O) groups excluding carboxylic acids is 1. The highest BCUT2D eigenvalue weighted by Gasteiger charge is 2.25. The molecule has 0 aromatic carbocycles. The zero-order valence-electron chi connectivity index (χ0n) is 17.2. The first-order valence-electron chi connectivity index (χ1n) is 10.3. The Bertz CT molecular complexity index is 1050. The van der Waals surface area contributed by atoms with E-state index in [9.17, 15) is 13.6 Å². The van der Waals surface area contributed by atoms with Crippen LogP contribution in [0.25, 0.3) is 21.5 Å². The molecule has 0 unspecified atom stereocenters. The number of carbonyl (C=O) groups is 1. The minimum atomic E-state index is -0.752. The van der Waals surface area contributed by atoms with Crippen LogP contribution in [0.15, 0.2) is 24.5 Å². The van der Waals surface area contributed by atoms with E-state index in [1.165, 1.54) is 11.3 Å². The number of hydrogen-bond donors (Lipinski definition) is 1. The average Bonchev–Trinajstić information content (AvgIpc) is 3.23. The number of amides is 1. The summed E-state index contributed by atoms with van der Waals surface area (Å²) in [5.41, 5.74) is 1.44. The normalized spacial score (nSPS) is 15.2. The maximum absolute atomic E-state index is 12.8. The lowest BCUT2D eigenvalue weighted by Gasteiger charge is -2.33. The van der Waals surface area contributed by atoms with E-state index < -0.39 is 19.4 Å². The lowest BCUT2D eigenvalue weighted by Crippen LogP contribution is -2.49. The van der Waals surface area contributed by atoms with Crippen LogP contribution in [0.4, 0.5) is 8.78 Å². The lowest BCUT2D eigenvalue weighted by atomic mass is 10.0. The van der Waals surface area contributed by atoms with Crippen LogP contribution in [0.1, 0.15) is 23.5 Å². The third-order valence-electron chi connectivity index (χ3n) is 5.43. The molecule has 4 heterocycles. The Labute approximate surface area is 182 Å². The predicted molar refractivity (Wildman–Crippen MR) is 115 cm³/mol. The number of pyridine rings is 2. The molecule has 4 rings (SSSR count). The van der Waals surface area contributed by atoms with Crippen molar-refractivity contribution < 1.29 is 13.6 Å². The molecular weight excluding hydrogens is 422 g/mol. The number of aryl methyl sites for hydroxylation is 1. The van der Waals surface area contributed by atoms with E-state index in [1.54, 1.807) is 17.3 Å². The minimum absolute atomic E-state index is 0.00635. The molecule has 7 nitrogen and oxygen atoms in total. The molecule has 1 saturated heterocycles. The van der Waals surface area contributed by atoms with Crippen LogP contribution in [0.3, 0.4) is 0 Å². The standard InChI is InChI=1S/C21H24F2N6OS/c1-13-27-28-21(31-13)19-7-14-6-17(24-11-15(14)12-25-19)8-20(30)29-4-2-16(3-5-29)26-18(9-22)10-23/h6-7,11-12,16,18,26H,2-5,8-10H2,1H3. The van der Waals surface area contributed by atoms with Gasteiger partial charge in [0.25, 0.3) is 0 Å². The van der Waals surface area contributed by atoms with Gasteiger partial charge in [-0.15, -0.1) is 10.2 Å². The fourth-order valence-electron chi connectivity index (χ4n) is 3.72. The fourth-order valence-corrected chi connectivity index (χ4v) is 4.38. The average molecular weight is 447 g/mol. The van der Waals surface area contributed by atoms with Gasteiger partial charge in [0.15, 0.2) is 5.01 Å². The first-order valence-corrected chi connectivity index (χ1v) is 11.1. The molecule has 1 amide bonds. The molecule has 10 heteroatoms. The van der Waals surface area contributed by atoms with Crippen molar-refractivity contribution in [3.8, 4) is 10.7 Å². The molecule has 1 aliphatic heterocycles. The maximum Gasteiger partial charge on any atom is 0.228 e. The Morgan fingerprint density at radius 1 is 1.16 bits per heavy atom. The number of rotatable bonds is 7. The number of likely N-dealkylation sites (tertiary alicyclic amines) is 1. The summed E-state index contributed by atoms with van der Waals surface area (Å²) in [5.74, 6) is 0.00635. The second kappa shape index (κ2) is 9.69. The van der Waals surface area contributed by atoms with Gasteiger partial charge < -0.3 is 10.2 Å². The number of hydrogen-bond acceptors (Lipinski definition) is 7. The zero-order chi connectivity index (χ0) is 21.8. The van der Waals surface area contributed by atoms with E-state index in [0.29, 0.717) is 31.6 Å².